The Morgan fingerprint density at radius 3 is 2.86 bits per heavy atom. The SMILES string of the molecule is CCN1CCOC2(CCNCC2)C1=O. The molecule has 0 atom stereocenters. The van der Waals surface area contributed by atoms with Gasteiger partial charge in [0.2, 0.25) is 0 Å². The van der Waals surface area contributed by atoms with Gasteiger partial charge in [0.1, 0.15) is 5.60 Å². The second-order valence-electron chi connectivity index (χ2n) is 3.98. The lowest BCUT2D eigenvalue weighted by Gasteiger charge is -2.43. The van der Waals surface area contributed by atoms with E-state index in [4.69, 9.17) is 4.74 Å². The normalized spacial score (nSPS) is 26.9. The van der Waals surface area contributed by atoms with Crippen molar-refractivity contribution in [1.82, 2.24) is 10.2 Å². The molecule has 14 heavy (non-hydrogen) atoms. The van der Waals surface area contributed by atoms with Gasteiger partial charge >= 0.3 is 0 Å². The summed E-state index contributed by atoms with van der Waals surface area (Å²) in [6.07, 6.45) is 1.64. The summed E-state index contributed by atoms with van der Waals surface area (Å²) in [7, 11) is 0. The summed E-state index contributed by atoms with van der Waals surface area (Å²) in [5.41, 5.74) is -0.487. The Labute approximate surface area is 84.6 Å². The van der Waals surface area contributed by atoms with Gasteiger partial charge < -0.3 is 15.0 Å². The molecule has 0 unspecified atom stereocenters. The second kappa shape index (κ2) is 3.87. The Hall–Kier alpha value is -0.610. The van der Waals surface area contributed by atoms with Gasteiger partial charge in [-0.15, -0.1) is 0 Å². The lowest BCUT2D eigenvalue weighted by Crippen LogP contribution is -2.60. The zero-order chi connectivity index (χ0) is 10.0. The van der Waals surface area contributed by atoms with Crippen LogP contribution in [0.2, 0.25) is 0 Å². The molecule has 0 saturated carbocycles. The standard InChI is InChI=1S/C10H18N2O2/c1-2-12-7-8-14-10(9(12)13)3-5-11-6-4-10/h11H,2-8H2,1H3. The number of hydrogen-bond donors (Lipinski definition) is 1. The minimum Gasteiger partial charge on any atom is -0.363 e. The Morgan fingerprint density at radius 1 is 1.50 bits per heavy atom. The number of hydrogen-bond acceptors (Lipinski definition) is 3. The first-order valence-electron chi connectivity index (χ1n) is 5.42. The molecule has 0 aliphatic carbocycles. The number of nitrogens with one attached hydrogen (secondary N) is 1. The number of piperidine rings is 1. The molecule has 0 radical (unpaired) electrons. The molecule has 2 heterocycles. The zero-order valence-corrected chi connectivity index (χ0v) is 8.71. The third-order valence-electron chi connectivity index (χ3n) is 3.21. The minimum absolute atomic E-state index is 0.202. The molecule has 2 aliphatic rings. The molecule has 0 bridgehead atoms. The summed E-state index contributed by atoms with van der Waals surface area (Å²) in [4.78, 5) is 14.0. The molecule has 4 nitrogen and oxygen atoms in total. The van der Waals surface area contributed by atoms with Gasteiger partial charge in [0.15, 0.2) is 0 Å². The fourth-order valence-corrected chi connectivity index (χ4v) is 2.29. The van der Waals surface area contributed by atoms with Crippen LogP contribution in [0.3, 0.4) is 0 Å². The third kappa shape index (κ3) is 1.53. The maximum atomic E-state index is 12.1. The van der Waals surface area contributed by atoms with Crippen LogP contribution < -0.4 is 5.32 Å². The highest BCUT2D eigenvalue weighted by Crippen LogP contribution is 2.28. The van der Waals surface area contributed by atoms with E-state index in [1.54, 1.807) is 0 Å². The second-order valence-corrected chi connectivity index (χ2v) is 3.98. The fourth-order valence-electron chi connectivity index (χ4n) is 2.29. The molecule has 4 heteroatoms. The summed E-state index contributed by atoms with van der Waals surface area (Å²) in [6.45, 7) is 6.06. The molecular weight excluding hydrogens is 180 g/mol. The van der Waals surface area contributed by atoms with Gasteiger partial charge in [0.25, 0.3) is 5.91 Å². The Balaban J connectivity index is 2.12. The summed E-state index contributed by atoms with van der Waals surface area (Å²) in [6, 6.07) is 0. The Morgan fingerprint density at radius 2 is 2.21 bits per heavy atom. The molecular formula is C10H18N2O2. The van der Waals surface area contributed by atoms with Crippen molar-refractivity contribution in [3.05, 3.63) is 0 Å². The summed E-state index contributed by atoms with van der Waals surface area (Å²) in [5.74, 6) is 0.202. The van der Waals surface area contributed by atoms with Gasteiger partial charge in [-0.1, -0.05) is 0 Å². The van der Waals surface area contributed by atoms with Gasteiger partial charge in [-0.3, -0.25) is 4.79 Å². The van der Waals surface area contributed by atoms with Crippen molar-refractivity contribution >= 4 is 5.91 Å². The summed E-state index contributed by atoms with van der Waals surface area (Å²) >= 11 is 0. The van der Waals surface area contributed by atoms with E-state index in [0.29, 0.717) is 6.61 Å². The topological polar surface area (TPSA) is 41.6 Å². The van der Waals surface area contributed by atoms with Gasteiger partial charge in [0.05, 0.1) is 6.61 Å². The third-order valence-corrected chi connectivity index (χ3v) is 3.21. The van der Waals surface area contributed by atoms with E-state index in [1.807, 2.05) is 11.8 Å². The molecule has 2 rings (SSSR count). The first kappa shape index (κ1) is 9.93. The van der Waals surface area contributed by atoms with E-state index < -0.39 is 5.60 Å². The maximum absolute atomic E-state index is 12.1. The molecule has 0 aromatic rings. The Kier molecular flexibility index (Phi) is 2.74. The maximum Gasteiger partial charge on any atom is 0.254 e. The number of morpholine rings is 1. The lowest BCUT2D eigenvalue weighted by atomic mass is 9.89. The number of rotatable bonds is 1. The summed E-state index contributed by atoms with van der Waals surface area (Å²) < 4.78 is 5.72. The highest BCUT2D eigenvalue weighted by molar-refractivity contribution is 5.86. The van der Waals surface area contributed by atoms with E-state index in [9.17, 15) is 4.79 Å². The highest BCUT2D eigenvalue weighted by Gasteiger charge is 2.45. The van der Waals surface area contributed by atoms with Gasteiger partial charge in [-0.25, -0.2) is 0 Å². The van der Waals surface area contributed by atoms with E-state index in [2.05, 4.69) is 5.32 Å². The van der Waals surface area contributed by atoms with E-state index in [0.717, 1.165) is 39.0 Å². The van der Waals surface area contributed by atoms with Crippen molar-refractivity contribution in [1.29, 1.82) is 0 Å². The molecule has 0 aromatic heterocycles. The van der Waals surface area contributed by atoms with Crippen LogP contribution in [0.1, 0.15) is 19.8 Å². The molecule has 0 aromatic carbocycles. The number of likely N-dealkylation sites (N-methyl/N-ethyl adjacent to an activating group) is 1. The monoisotopic (exact) mass is 198 g/mol. The van der Waals surface area contributed by atoms with Crippen molar-refractivity contribution in [2.24, 2.45) is 0 Å². The van der Waals surface area contributed by atoms with E-state index >= 15 is 0 Å². The zero-order valence-electron chi connectivity index (χ0n) is 8.71. The quantitative estimate of drug-likeness (QED) is 0.644. The number of carbonyl (C=O) groups is 1. The van der Waals surface area contributed by atoms with Crippen LogP contribution in [0.15, 0.2) is 0 Å². The number of ether oxygens (including phenoxy) is 1. The largest absolute Gasteiger partial charge is 0.363 e. The first-order valence-corrected chi connectivity index (χ1v) is 5.42. The molecule has 1 amide bonds. The van der Waals surface area contributed by atoms with Crippen LogP contribution in [-0.2, 0) is 9.53 Å². The van der Waals surface area contributed by atoms with Crippen LogP contribution in [0, 0.1) is 0 Å². The molecule has 1 N–H and O–H groups in total. The van der Waals surface area contributed by atoms with Gasteiger partial charge in [-0.05, 0) is 32.9 Å². The predicted molar refractivity (Wildman–Crippen MR) is 53.0 cm³/mol. The molecule has 2 fully saturated rings. The molecule has 80 valence electrons. The smallest absolute Gasteiger partial charge is 0.254 e. The van der Waals surface area contributed by atoms with Crippen LogP contribution in [0.5, 0.6) is 0 Å². The highest BCUT2D eigenvalue weighted by atomic mass is 16.5. The molecule has 1 spiro atoms. The van der Waals surface area contributed by atoms with Gasteiger partial charge in [-0.2, -0.15) is 0 Å². The lowest BCUT2D eigenvalue weighted by molar-refractivity contribution is -0.175. The number of amides is 1. The molecule has 2 aliphatic heterocycles. The Bertz CT molecular complexity index is 219. The van der Waals surface area contributed by atoms with Crippen molar-refractivity contribution < 1.29 is 9.53 Å². The van der Waals surface area contributed by atoms with Crippen LogP contribution in [-0.4, -0.2) is 49.2 Å². The fraction of sp³-hybridized carbons (Fsp3) is 0.900. The first-order chi connectivity index (χ1) is 6.78. The van der Waals surface area contributed by atoms with Crippen molar-refractivity contribution in [3.8, 4) is 0 Å². The van der Waals surface area contributed by atoms with E-state index in [-0.39, 0.29) is 5.91 Å². The average Bonchev–Trinajstić information content (AvgIpc) is 2.24. The number of nitrogens with zero attached hydrogens (tertiary/aromatic N) is 1. The van der Waals surface area contributed by atoms with Crippen LogP contribution in [0.4, 0.5) is 0 Å². The van der Waals surface area contributed by atoms with E-state index in [1.165, 1.54) is 0 Å². The summed E-state index contributed by atoms with van der Waals surface area (Å²) in [5, 5.41) is 3.26. The minimum atomic E-state index is -0.487. The van der Waals surface area contributed by atoms with Crippen molar-refractivity contribution in [3.63, 3.8) is 0 Å². The predicted octanol–water partition coefficient (Wildman–Crippen LogP) is -0.0127. The van der Waals surface area contributed by atoms with Crippen molar-refractivity contribution in [2.75, 3.05) is 32.8 Å². The molecule has 2 saturated heterocycles. The van der Waals surface area contributed by atoms with Crippen LogP contribution in [0.25, 0.3) is 0 Å². The van der Waals surface area contributed by atoms with Crippen molar-refractivity contribution in [2.45, 2.75) is 25.4 Å². The van der Waals surface area contributed by atoms with Crippen LogP contribution >= 0.6 is 0 Å². The number of carbonyl (C=O) groups excluding carboxylic acids is 1. The average molecular weight is 198 g/mol. The van der Waals surface area contributed by atoms with Gasteiger partial charge in [0, 0.05) is 13.1 Å².